The number of esters is 1. The lowest BCUT2D eigenvalue weighted by Gasteiger charge is -2.26. The molecule has 10 heteroatoms. The molecule has 0 spiro atoms. The van der Waals surface area contributed by atoms with E-state index in [-0.39, 0.29) is 6.54 Å². The number of hydrogen-bond acceptors (Lipinski definition) is 8. The summed E-state index contributed by atoms with van der Waals surface area (Å²) >= 11 is 0. The maximum absolute atomic E-state index is 13.3. The van der Waals surface area contributed by atoms with Gasteiger partial charge < -0.3 is 19.5 Å². The molecule has 1 aliphatic heterocycles. The van der Waals surface area contributed by atoms with E-state index in [4.69, 9.17) is 14.2 Å². The van der Waals surface area contributed by atoms with E-state index in [1.165, 1.54) is 19.0 Å². The van der Waals surface area contributed by atoms with Crippen molar-refractivity contribution in [3.05, 3.63) is 75.8 Å². The number of ether oxygens (including phenoxy) is 3. The van der Waals surface area contributed by atoms with Crippen molar-refractivity contribution >= 4 is 23.0 Å². The third-order valence-corrected chi connectivity index (χ3v) is 6.25. The van der Waals surface area contributed by atoms with Gasteiger partial charge in [0.05, 0.1) is 44.1 Å². The van der Waals surface area contributed by atoms with Crippen LogP contribution < -0.4 is 10.9 Å². The van der Waals surface area contributed by atoms with Crippen molar-refractivity contribution in [2.45, 2.75) is 39.0 Å². The summed E-state index contributed by atoms with van der Waals surface area (Å²) in [6, 6.07) is 12.1. The second-order valence-corrected chi connectivity index (χ2v) is 10.4. The summed E-state index contributed by atoms with van der Waals surface area (Å²) in [5, 5.41) is 2.83. The van der Waals surface area contributed by atoms with Gasteiger partial charge in [-0.2, -0.15) is 0 Å². The number of rotatable bonds is 6. The van der Waals surface area contributed by atoms with E-state index in [0.717, 1.165) is 43.0 Å². The topological polar surface area (TPSA) is 112 Å². The molecule has 3 aromatic rings. The number of nitrogens with one attached hydrogen (secondary N) is 1. The van der Waals surface area contributed by atoms with Gasteiger partial charge in [0, 0.05) is 30.8 Å². The van der Waals surface area contributed by atoms with Crippen molar-refractivity contribution in [1.29, 1.82) is 0 Å². The molecule has 0 aliphatic carbocycles. The standard InChI is InChI=1S/C30H34N4O6/c1-30(2,3)40-29(37)31-18-26(28(36)38-4)34-20-32-25-17-22(11-12-24(25)27(34)35)8-5-21-6-9-23(10-7-21)19-33-13-15-39-16-14-33/h6-7,9-12,17,20,26H,13-16,18-19H2,1-4H3,(H,31,37). The lowest BCUT2D eigenvalue weighted by atomic mass is 10.1. The van der Waals surface area contributed by atoms with Crippen LogP contribution >= 0.6 is 0 Å². The molecular formula is C30H34N4O6. The number of morpholine rings is 1. The van der Waals surface area contributed by atoms with Gasteiger partial charge >= 0.3 is 12.1 Å². The minimum absolute atomic E-state index is 0.205. The molecule has 0 bridgehead atoms. The highest BCUT2D eigenvalue weighted by molar-refractivity contribution is 5.80. The fourth-order valence-electron chi connectivity index (χ4n) is 4.22. The van der Waals surface area contributed by atoms with Crippen molar-refractivity contribution < 1.29 is 23.8 Å². The Hall–Kier alpha value is -4.20. The molecule has 1 saturated heterocycles. The number of nitrogens with zero attached hydrogens (tertiary/aromatic N) is 3. The SMILES string of the molecule is COC(=O)C(CNC(=O)OC(C)(C)C)n1cnc2cc(C#Cc3ccc(CN4CCOCC4)cc3)ccc2c1=O. The van der Waals surface area contributed by atoms with E-state index in [1.807, 2.05) is 12.1 Å². The van der Waals surface area contributed by atoms with Crippen LogP contribution in [-0.2, 0) is 25.5 Å². The number of carbonyl (C=O) groups is 2. The molecule has 1 unspecified atom stereocenters. The van der Waals surface area contributed by atoms with E-state index in [1.54, 1.807) is 39.0 Å². The molecule has 0 radical (unpaired) electrons. The van der Waals surface area contributed by atoms with Crippen molar-refractivity contribution in [1.82, 2.24) is 19.8 Å². The Morgan fingerprint density at radius 1 is 1.07 bits per heavy atom. The molecule has 1 atom stereocenters. The average Bonchev–Trinajstić information content (AvgIpc) is 2.93. The minimum Gasteiger partial charge on any atom is -0.467 e. The van der Waals surface area contributed by atoms with Crippen molar-refractivity contribution in [3.8, 4) is 11.8 Å². The Morgan fingerprint density at radius 3 is 2.42 bits per heavy atom. The first-order valence-corrected chi connectivity index (χ1v) is 13.1. The molecule has 1 fully saturated rings. The quantitative estimate of drug-likeness (QED) is 0.371. The highest BCUT2D eigenvalue weighted by Gasteiger charge is 2.25. The molecule has 210 valence electrons. The smallest absolute Gasteiger partial charge is 0.407 e. The maximum Gasteiger partial charge on any atom is 0.407 e. The summed E-state index contributed by atoms with van der Waals surface area (Å²) in [6.45, 7) is 9.29. The van der Waals surface area contributed by atoms with Gasteiger partial charge in [-0.1, -0.05) is 24.0 Å². The van der Waals surface area contributed by atoms with Gasteiger partial charge in [-0.3, -0.25) is 14.3 Å². The Bertz CT molecular complexity index is 1470. The summed E-state index contributed by atoms with van der Waals surface area (Å²) in [5.41, 5.74) is 2.10. The molecule has 1 aliphatic rings. The van der Waals surface area contributed by atoms with Crippen LogP contribution in [0, 0.1) is 11.8 Å². The molecule has 1 N–H and O–H groups in total. The normalized spacial score (nSPS) is 14.6. The van der Waals surface area contributed by atoms with Crippen LogP contribution in [0.15, 0.2) is 53.6 Å². The van der Waals surface area contributed by atoms with E-state index in [0.29, 0.717) is 16.5 Å². The Balaban J connectivity index is 1.49. The first kappa shape index (κ1) is 28.8. The number of carbonyl (C=O) groups excluding carboxylic acids is 2. The van der Waals surface area contributed by atoms with Crippen LogP contribution in [0.3, 0.4) is 0 Å². The number of amides is 1. The van der Waals surface area contributed by atoms with Gasteiger partial charge in [0.1, 0.15) is 5.60 Å². The number of fused-ring (bicyclic) bond motifs is 1. The lowest BCUT2D eigenvalue weighted by Crippen LogP contribution is -2.41. The zero-order valence-corrected chi connectivity index (χ0v) is 23.2. The van der Waals surface area contributed by atoms with E-state index in [9.17, 15) is 14.4 Å². The Kier molecular flexibility index (Phi) is 9.19. The molecule has 2 aromatic carbocycles. The number of alkyl carbamates (subject to hydrolysis) is 1. The average molecular weight is 547 g/mol. The molecule has 1 aromatic heterocycles. The second kappa shape index (κ2) is 12.8. The van der Waals surface area contributed by atoms with Gasteiger partial charge in [-0.15, -0.1) is 0 Å². The fraction of sp³-hybridized carbons (Fsp3) is 0.400. The number of aromatic nitrogens is 2. The monoisotopic (exact) mass is 546 g/mol. The van der Waals surface area contributed by atoms with Crippen LogP contribution in [0.4, 0.5) is 4.79 Å². The molecule has 4 rings (SSSR count). The third-order valence-electron chi connectivity index (χ3n) is 6.25. The summed E-state index contributed by atoms with van der Waals surface area (Å²) in [5.74, 6) is 5.59. The first-order chi connectivity index (χ1) is 19.1. The summed E-state index contributed by atoms with van der Waals surface area (Å²) in [6.07, 6.45) is 0.561. The Morgan fingerprint density at radius 2 is 1.75 bits per heavy atom. The van der Waals surface area contributed by atoms with Crippen LogP contribution in [0.5, 0.6) is 0 Å². The predicted octanol–water partition coefficient (Wildman–Crippen LogP) is 2.87. The zero-order valence-electron chi connectivity index (χ0n) is 23.2. The van der Waals surface area contributed by atoms with Gasteiger partial charge in [-0.05, 0) is 56.7 Å². The summed E-state index contributed by atoms with van der Waals surface area (Å²) in [4.78, 5) is 44.6. The predicted molar refractivity (Wildman–Crippen MR) is 150 cm³/mol. The summed E-state index contributed by atoms with van der Waals surface area (Å²) in [7, 11) is 1.21. The van der Waals surface area contributed by atoms with Crippen LogP contribution in [-0.4, -0.2) is 72.1 Å². The highest BCUT2D eigenvalue weighted by Crippen LogP contribution is 2.14. The van der Waals surface area contributed by atoms with Crippen molar-refractivity contribution in [3.63, 3.8) is 0 Å². The zero-order chi connectivity index (χ0) is 28.7. The molecule has 40 heavy (non-hydrogen) atoms. The molecule has 0 saturated carbocycles. The number of benzene rings is 2. The molecule has 1 amide bonds. The third kappa shape index (κ3) is 7.68. The minimum atomic E-state index is -1.12. The molecule has 2 heterocycles. The van der Waals surface area contributed by atoms with E-state index < -0.39 is 29.3 Å². The fourth-order valence-corrected chi connectivity index (χ4v) is 4.22. The van der Waals surface area contributed by atoms with E-state index in [2.05, 4.69) is 39.2 Å². The van der Waals surface area contributed by atoms with Gasteiger partial charge in [0.2, 0.25) is 0 Å². The number of methoxy groups -OCH3 is 1. The van der Waals surface area contributed by atoms with Crippen LogP contribution in [0.2, 0.25) is 0 Å². The second-order valence-electron chi connectivity index (χ2n) is 10.4. The molecular weight excluding hydrogens is 512 g/mol. The van der Waals surface area contributed by atoms with Crippen LogP contribution in [0.1, 0.15) is 43.5 Å². The van der Waals surface area contributed by atoms with Crippen molar-refractivity contribution in [2.75, 3.05) is 40.0 Å². The molecule has 10 nitrogen and oxygen atoms in total. The largest absolute Gasteiger partial charge is 0.467 e. The van der Waals surface area contributed by atoms with Gasteiger partial charge in [0.15, 0.2) is 6.04 Å². The highest BCUT2D eigenvalue weighted by atomic mass is 16.6. The first-order valence-electron chi connectivity index (χ1n) is 13.1. The van der Waals surface area contributed by atoms with Crippen molar-refractivity contribution in [2.24, 2.45) is 0 Å². The van der Waals surface area contributed by atoms with Gasteiger partial charge in [-0.25, -0.2) is 14.6 Å². The van der Waals surface area contributed by atoms with E-state index >= 15 is 0 Å². The summed E-state index contributed by atoms with van der Waals surface area (Å²) < 4.78 is 16.6. The lowest BCUT2D eigenvalue weighted by molar-refractivity contribution is -0.144. The Labute approximate surface area is 233 Å². The maximum atomic E-state index is 13.3. The van der Waals surface area contributed by atoms with Gasteiger partial charge in [0.25, 0.3) is 5.56 Å². The number of hydrogen-bond donors (Lipinski definition) is 1. The van der Waals surface area contributed by atoms with Crippen LogP contribution in [0.25, 0.3) is 10.9 Å².